The normalized spacial score (nSPS) is 16.4. The Balaban J connectivity index is 1.62. The van der Waals surface area contributed by atoms with Crippen molar-refractivity contribution in [2.75, 3.05) is 31.1 Å². The third-order valence-electron chi connectivity index (χ3n) is 4.29. The highest BCUT2D eigenvalue weighted by Gasteiger charge is 2.27. The molecule has 1 amide bonds. The first-order valence-corrected chi connectivity index (χ1v) is 8.34. The molecule has 1 aliphatic rings. The van der Waals surface area contributed by atoms with Crippen molar-refractivity contribution in [2.45, 2.75) is 19.4 Å². The molecule has 122 valence electrons. The van der Waals surface area contributed by atoms with E-state index in [4.69, 9.17) is 11.6 Å². The number of carbonyl (C=O) groups is 1. The molecule has 1 atom stereocenters. The largest absolute Gasteiger partial charge is 0.353 e. The Morgan fingerprint density at radius 2 is 1.91 bits per heavy atom. The molecule has 0 unspecified atom stereocenters. The maximum Gasteiger partial charge on any atom is 0.245 e. The van der Waals surface area contributed by atoms with E-state index in [0.29, 0.717) is 5.02 Å². The number of anilines is 1. The Bertz CT molecular complexity index is 633. The molecule has 0 aromatic carbocycles. The Morgan fingerprint density at radius 3 is 2.48 bits per heavy atom. The summed E-state index contributed by atoms with van der Waals surface area (Å²) in [6.07, 6.45) is 6.37. The highest BCUT2D eigenvalue weighted by molar-refractivity contribution is 6.30. The van der Waals surface area contributed by atoms with Gasteiger partial charge in [-0.2, -0.15) is 0 Å². The van der Waals surface area contributed by atoms with Gasteiger partial charge in [0.2, 0.25) is 5.91 Å². The molecule has 3 heterocycles. The zero-order valence-electron chi connectivity index (χ0n) is 13.2. The fraction of sp³-hybridized carbons (Fsp3) is 0.412. The van der Waals surface area contributed by atoms with Crippen LogP contribution in [0, 0.1) is 0 Å². The van der Waals surface area contributed by atoms with E-state index in [9.17, 15) is 4.79 Å². The minimum atomic E-state index is -0.106. The van der Waals surface area contributed by atoms with Crippen molar-refractivity contribution >= 4 is 23.3 Å². The molecule has 3 rings (SSSR count). The molecule has 0 radical (unpaired) electrons. The smallest absolute Gasteiger partial charge is 0.245 e. The van der Waals surface area contributed by atoms with Gasteiger partial charge in [-0.3, -0.25) is 4.79 Å². The van der Waals surface area contributed by atoms with Crippen LogP contribution < -0.4 is 4.90 Å². The Morgan fingerprint density at radius 1 is 1.22 bits per heavy atom. The summed E-state index contributed by atoms with van der Waals surface area (Å²) in [6, 6.07) is 7.58. The lowest BCUT2D eigenvalue weighted by atomic mass is 10.1. The van der Waals surface area contributed by atoms with Gasteiger partial charge in [0.05, 0.1) is 5.02 Å². The zero-order valence-corrected chi connectivity index (χ0v) is 14.0. The summed E-state index contributed by atoms with van der Waals surface area (Å²) in [5, 5.41) is 0.639. The number of halogens is 1. The zero-order chi connectivity index (χ0) is 16.2. The van der Waals surface area contributed by atoms with Crippen LogP contribution in [0.3, 0.4) is 0 Å². The highest BCUT2D eigenvalue weighted by Crippen LogP contribution is 2.19. The van der Waals surface area contributed by atoms with Gasteiger partial charge in [0, 0.05) is 44.8 Å². The summed E-state index contributed by atoms with van der Waals surface area (Å²) in [5.74, 6) is 1.12. The van der Waals surface area contributed by atoms with Crippen LogP contribution in [0.15, 0.2) is 42.9 Å². The molecule has 1 aliphatic heterocycles. The standard InChI is InChI=1S/C17H21ClN4O/c1-2-15(20-7-3-4-8-20)17(23)22-11-9-21(10-12-22)16-6-5-14(18)13-19-16/h3-8,13,15H,2,9-12H2,1H3/t15-/m1/s1. The summed E-state index contributed by atoms with van der Waals surface area (Å²) in [5.41, 5.74) is 0. The van der Waals surface area contributed by atoms with Crippen LogP contribution in [0.1, 0.15) is 19.4 Å². The Kier molecular flexibility index (Phi) is 4.86. The summed E-state index contributed by atoms with van der Waals surface area (Å²) >= 11 is 5.88. The lowest BCUT2D eigenvalue weighted by molar-refractivity contribution is -0.135. The molecule has 0 saturated carbocycles. The van der Waals surface area contributed by atoms with Gasteiger partial charge in [-0.15, -0.1) is 0 Å². The molecule has 23 heavy (non-hydrogen) atoms. The van der Waals surface area contributed by atoms with E-state index in [1.807, 2.05) is 46.1 Å². The van der Waals surface area contributed by atoms with Crippen molar-refractivity contribution in [3.8, 4) is 0 Å². The number of hydrogen-bond acceptors (Lipinski definition) is 3. The Hall–Kier alpha value is -2.01. The second-order valence-electron chi connectivity index (χ2n) is 5.70. The number of carbonyl (C=O) groups excluding carboxylic acids is 1. The minimum Gasteiger partial charge on any atom is -0.353 e. The van der Waals surface area contributed by atoms with Crippen LogP contribution in [-0.2, 0) is 4.79 Å². The molecule has 2 aromatic heterocycles. The second kappa shape index (κ2) is 7.04. The molecular formula is C17H21ClN4O. The van der Waals surface area contributed by atoms with E-state index in [2.05, 4.69) is 16.8 Å². The minimum absolute atomic E-state index is 0.106. The van der Waals surface area contributed by atoms with Crippen LogP contribution in [0.5, 0.6) is 0 Å². The fourth-order valence-electron chi connectivity index (χ4n) is 2.99. The molecule has 6 heteroatoms. The van der Waals surface area contributed by atoms with Gasteiger partial charge in [0.15, 0.2) is 0 Å². The Labute approximate surface area is 141 Å². The number of pyridine rings is 1. The van der Waals surface area contributed by atoms with Gasteiger partial charge >= 0.3 is 0 Å². The van der Waals surface area contributed by atoms with E-state index < -0.39 is 0 Å². The number of amides is 1. The molecular weight excluding hydrogens is 312 g/mol. The molecule has 1 saturated heterocycles. The molecule has 1 fully saturated rings. The van der Waals surface area contributed by atoms with Crippen molar-refractivity contribution in [3.63, 3.8) is 0 Å². The van der Waals surface area contributed by atoms with Gasteiger partial charge in [0.25, 0.3) is 0 Å². The number of nitrogens with zero attached hydrogens (tertiary/aromatic N) is 4. The van der Waals surface area contributed by atoms with E-state index in [-0.39, 0.29) is 11.9 Å². The highest BCUT2D eigenvalue weighted by atomic mass is 35.5. The summed E-state index contributed by atoms with van der Waals surface area (Å²) < 4.78 is 2.00. The van der Waals surface area contributed by atoms with Crippen LogP contribution in [0.4, 0.5) is 5.82 Å². The van der Waals surface area contributed by atoms with Crippen molar-refractivity contribution in [3.05, 3.63) is 47.9 Å². The topological polar surface area (TPSA) is 41.4 Å². The monoisotopic (exact) mass is 332 g/mol. The van der Waals surface area contributed by atoms with Crippen LogP contribution in [-0.4, -0.2) is 46.5 Å². The van der Waals surface area contributed by atoms with E-state index >= 15 is 0 Å². The van der Waals surface area contributed by atoms with E-state index in [1.165, 1.54) is 0 Å². The molecule has 2 aromatic rings. The van der Waals surface area contributed by atoms with Crippen LogP contribution in [0.25, 0.3) is 0 Å². The lowest BCUT2D eigenvalue weighted by Crippen LogP contribution is -2.50. The number of aromatic nitrogens is 2. The number of piperazine rings is 1. The van der Waals surface area contributed by atoms with Gasteiger partial charge in [-0.05, 0) is 30.7 Å². The van der Waals surface area contributed by atoms with Gasteiger partial charge in [-0.1, -0.05) is 18.5 Å². The van der Waals surface area contributed by atoms with Gasteiger partial charge in [-0.25, -0.2) is 4.98 Å². The van der Waals surface area contributed by atoms with Crippen molar-refractivity contribution in [2.24, 2.45) is 0 Å². The van der Waals surface area contributed by atoms with Gasteiger partial charge < -0.3 is 14.4 Å². The molecule has 0 bridgehead atoms. The third-order valence-corrected chi connectivity index (χ3v) is 4.51. The molecule has 5 nitrogen and oxygen atoms in total. The average molecular weight is 333 g/mol. The predicted molar refractivity (Wildman–Crippen MR) is 91.8 cm³/mol. The van der Waals surface area contributed by atoms with E-state index in [1.54, 1.807) is 6.20 Å². The average Bonchev–Trinajstić information content (AvgIpc) is 3.10. The molecule has 0 N–H and O–H groups in total. The van der Waals surface area contributed by atoms with E-state index in [0.717, 1.165) is 38.4 Å². The summed E-state index contributed by atoms with van der Waals surface area (Å²) in [6.45, 7) is 5.09. The predicted octanol–water partition coefficient (Wildman–Crippen LogP) is 2.84. The van der Waals surface area contributed by atoms with Crippen LogP contribution >= 0.6 is 11.6 Å². The quantitative estimate of drug-likeness (QED) is 0.864. The molecule has 0 spiro atoms. The second-order valence-corrected chi connectivity index (χ2v) is 6.14. The fourth-order valence-corrected chi connectivity index (χ4v) is 3.10. The number of rotatable bonds is 4. The van der Waals surface area contributed by atoms with Crippen molar-refractivity contribution in [1.29, 1.82) is 0 Å². The summed E-state index contributed by atoms with van der Waals surface area (Å²) in [7, 11) is 0. The maximum absolute atomic E-state index is 12.8. The number of hydrogen-bond donors (Lipinski definition) is 0. The lowest BCUT2D eigenvalue weighted by Gasteiger charge is -2.37. The molecule has 0 aliphatic carbocycles. The SMILES string of the molecule is CC[C@H](C(=O)N1CCN(c2ccc(Cl)cn2)CC1)n1cccc1. The first-order chi connectivity index (χ1) is 11.2. The van der Waals surface area contributed by atoms with Crippen molar-refractivity contribution < 1.29 is 4.79 Å². The third kappa shape index (κ3) is 3.50. The maximum atomic E-state index is 12.8. The van der Waals surface area contributed by atoms with Crippen molar-refractivity contribution in [1.82, 2.24) is 14.5 Å². The van der Waals surface area contributed by atoms with Gasteiger partial charge in [0.1, 0.15) is 11.9 Å². The first-order valence-electron chi connectivity index (χ1n) is 7.97. The summed E-state index contributed by atoms with van der Waals surface area (Å²) in [4.78, 5) is 21.3. The first kappa shape index (κ1) is 15.9. The van der Waals surface area contributed by atoms with Crippen LogP contribution in [0.2, 0.25) is 5.02 Å².